The van der Waals surface area contributed by atoms with Crippen LogP contribution >= 0.6 is 15.9 Å². The highest BCUT2D eigenvalue weighted by molar-refractivity contribution is 9.10. The molecule has 1 amide bonds. The van der Waals surface area contributed by atoms with Gasteiger partial charge in [-0.05, 0) is 42.7 Å². The van der Waals surface area contributed by atoms with Crippen molar-refractivity contribution in [2.75, 3.05) is 23.3 Å². The van der Waals surface area contributed by atoms with Crippen LogP contribution in [0.1, 0.15) is 32.3 Å². The fourth-order valence-corrected chi connectivity index (χ4v) is 2.80. The van der Waals surface area contributed by atoms with E-state index in [1.54, 1.807) is 0 Å². The van der Waals surface area contributed by atoms with Gasteiger partial charge in [-0.1, -0.05) is 41.9 Å². The van der Waals surface area contributed by atoms with Crippen LogP contribution in [0.2, 0.25) is 0 Å². The number of anilines is 2. The van der Waals surface area contributed by atoms with Gasteiger partial charge in [-0.15, -0.1) is 0 Å². The van der Waals surface area contributed by atoms with Crippen LogP contribution in [0.15, 0.2) is 47.1 Å². The molecule has 0 spiro atoms. The third-order valence-electron chi connectivity index (χ3n) is 3.65. The van der Waals surface area contributed by atoms with Gasteiger partial charge < -0.3 is 10.2 Å². The number of benzene rings is 1. The maximum absolute atomic E-state index is 12.1. The van der Waals surface area contributed by atoms with E-state index in [1.807, 2.05) is 42.6 Å². The molecule has 1 aromatic heterocycles. The van der Waals surface area contributed by atoms with Gasteiger partial charge in [0.05, 0.1) is 18.3 Å². The van der Waals surface area contributed by atoms with Crippen LogP contribution in [0.4, 0.5) is 11.5 Å². The summed E-state index contributed by atoms with van der Waals surface area (Å²) >= 11 is 3.39. The highest BCUT2D eigenvalue weighted by atomic mass is 79.9. The minimum absolute atomic E-state index is 0.0588. The van der Waals surface area contributed by atoms with Gasteiger partial charge in [0.15, 0.2) is 0 Å². The minimum Gasteiger partial charge on any atom is -0.370 e. The van der Waals surface area contributed by atoms with E-state index in [1.165, 1.54) is 0 Å². The van der Waals surface area contributed by atoms with Crippen molar-refractivity contribution in [1.29, 1.82) is 0 Å². The third-order valence-corrected chi connectivity index (χ3v) is 4.17. The zero-order chi connectivity index (χ0) is 17.4. The van der Waals surface area contributed by atoms with Crippen molar-refractivity contribution < 1.29 is 4.79 Å². The molecule has 1 heterocycles. The zero-order valence-electron chi connectivity index (χ0n) is 14.3. The Morgan fingerprint density at radius 1 is 1.08 bits per heavy atom. The highest BCUT2D eigenvalue weighted by Gasteiger charge is 2.08. The van der Waals surface area contributed by atoms with E-state index in [9.17, 15) is 4.79 Å². The molecule has 0 bridgehead atoms. The lowest BCUT2D eigenvalue weighted by atomic mass is 10.1. The van der Waals surface area contributed by atoms with E-state index >= 15 is 0 Å². The first-order valence-electron chi connectivity index (χ1n) is 8.37. The van der Waals surface area contributed by atoms with E-state index in [0.29, 0.717) is 12.2 Å². The van der Waals surface area contributed by atoms with Crippen LogP contribution in [-0.2, 0) is 11.2 Å². The summed E-state index contributed by atoms with van der Waals surface area (Å²) < 4.78 is 1.01. The normalized spacial score (nSPS) is 10.5. The van der Waals surface area contributed by atoms with Crippen LogP contribution in [-0.4, -0.2) is 24.0 Å². The molecule has 0 saturated heterocycles. The molecular formula is C19H24BrN3O. The van der Waals surface area contributed by atoms with Crippen LogP contribution in [0.3, 0.4) is 0 Å². The summed E-state index contributed by atoms with van der Waals surface area (Å²) in [6.07, 6.45) is 4.38. The van der Waals surface area contributed by atoms with Gasteiger partial charge in [-0.3, -0.25) is 4.79 Å². The molecule has 0 fully saturated rings. The van der Waals surface area contributed by atoms with Gasteiger partial charge in [0.1, 0.15) is 5.82 Å². The molecule has 5 heteroatoms. The Balaban J connectivity index is 1.95. The molecule has 0 aliphatic heterocycles. The lowest BCUT2D eigenvalue weighted by Crippen LogP contribution is -2.25. The molecule has 0 aliphatic rings. The Morgan fingerprint density at radius 2 is 1.75 bits per heavy atom. The fraction of sp³-hybridized carbons (Fsp3) is 0.368. The predicted octanol–water partition coefficient (Wildman–Crippen LogP) is 4.65. The van der Waals surface area contributed by atoms with Gasteiger partial charge in [0.2, 0.25) is 5.91 Å². The molecule has 1 N–H and O–H groups in total. The van der Waals surface area contributed by atoms with Crippen LogP contribution in [0.25, 0.3) is 0 Å². The molecule has 2 rings (SSSR count). The molecule has 0 atom stereocenters. The standard InChI is InChI=1S/C19H24BrN3O/c1-3-11-23(12-4-2)17-9-10-18(21-14-17)22-19(24)13-15-5-7-16(20)8-6-15/h5-10,14H,3-4,11-13H2,1-2H3,(H,21,22,24). The quantitative estimate of drug-likeness (QED) is 0.714. The van der Waals surface area contributed by atoms with Crippen LogP contribution < -0.4 is 10.2 Å². The van der Waals surface area contributed by atoms with Crippen molar-refractivity contribution in [2.24, 2.45) is 0 Å². The van der Waals surface area contributed by atoms with Gasteiger partial charge in [-0.2, -0.15) is 0 Å². The summed E-state index contributed by atoms with van der Waals surface area (Å²) in [5, 5.41) is 2.85. The second kappa shape index (κ2) is 9.42. The molecule has 2 aromatic rings. The topological polar surface area (TPSA) is 45.2 Å². The van der Waals surface area contributed by atoms with Gasteiger partial charge in [0, 0.05) is 17.6 Å². The fourth-order valence-electron chi connectivity index (χ4n) is 2.53. The summed E-state index contributed by atoms with van der Waals surface area (Å²) in [6, 6.07) is 11.6. The maximum atomic E-state index is 12.1. The zero-order valence-corrected chi connectivity index (χ0v) is 15.8. The number of aromatic nitrogens is 1. The first-order valence-corrected chi connectivity index (χ1v) is 9.17. The average Bonchev–Trinajstić information content (AvgIpc) is 2.57. The summed E-state index contributed by atoms with van der Waals surface area (Å²) in [5.41, 5.74) is 2.08. The average molecular weight is 390 g/mol. The molecule has 1 aromatic carbocycles. The SMILES string of the molecule is CCCN(CCC)c1ccc(NC(=O)Cc2ccc(Br)cc2)nc1. The van der Waals surface area contributed by atoms with E-state index in [0.717, 1.165) is 41.7 Å². The summed E-state index contributed by atoms with van der Waals surface area (Å²) in [7, 11) is 0. The number of halogens is 1. The largest absolute Gasteiger partial charge is 0.370 e. The number of amides is 1. The molecule has 0 radical (unpaired) electrons. The van der Waals surface area contributed by atoms with Crippen molar-refractivity contribution in [3.63, 3.8) is 0 Å². The first kappa shape index (κ1) is 18.5. The molecular weight excluding hydrogens is 366 g/mol. The van der Waals surface area contributed by atoms with Crippen molar-refractivity contribution >= 4 is 33.3 Å². The Morgan fingerprint density at radius 3 is 2.29 bits per heavy atom. The van der Waals surface area contributed by atoms with Gasteiger partial charge in [-0.25, -0.2) is 4.98 Å². The van der Waals surface area contributed by atoms with Crippen LogP contribution in [0, 0.1) is 0 Å². The number of hydrogen-bond acceptors (Lipinski definition) is 3. The Hall–Kier alpha value is -1.88. The Labute approximate surface area is 152 Å². The summed E-state index contributed by atoms with van der Waals surface area (Å²) in [5.74, 6) is 0.533. The number of pyridine rings is 1. The van der Waals surface area contributed by atoms with E-state index in [-0.39, 0.29) is 5.91 Å². The summed E-state index contributed by atoms with van der Waals surface area (Å²) in [6.45, 7) is 6.38. The molecule has 24 heavy (non-hydrogen) atoms. The molecule has 128 valence electrons. The summed E-state index contributed by atoms with van der Waals surface area (Å²) in [4.78, 5) is 18.8. The lowest BCUT2D eigenvalue weighted by Gasteiger charge is -2.23. The second-order valence-electron chi connectivity index (χ2n) is 5.74. The first-order chi connectivity index (χ1) is 11.6. The number of nitrogens with zero attached hydrogens (tertiary/aromatic N) is 2. The lowest BCUT2D eigenvalue weighted by molar-refractivity contribution is -0.115. The van der Waals surface area contributed by atoms with Crippen molar-refractivity contribution in [3.8, 4) is 0 Å². The number of carbonyl (C=O) groups is 1. The number of hydrogen-bond donors (Lipinski definition) is 1. The van der Waals surface area contributed by atoms with Gasteiger partial charge in [0.25, 0.3) is 0 Å². The monoisotopic (exact) mass is 389 g/mol. The Bertz CT molecular complexity index is 635. The maximum Gasteiger partial charge on any atom is 0.229 e. The number of nitrogens with one attached hydrogen (secondary N) is 1. The van der Waals surface area contributed by atoms with Crippen molar-refractivity contribution in [1.82, 2.24) is 4.98 Å². The number of rotatable bonds is 8. The number of carbonyl (C=O) groups excluding carboxylic acids is 1. The minimum atomic E-state index is -0.0588. The van der Waals surface area contributed by atoms with E-state index in [2.05, 4.69) is 45.0 Å². The van der Waals surface area contributed by atoms with Crippen molar-refractivity contribution in [2.45, 2.75) is 33.1 Å². The second-order valence-corrected chi connectivity index (χ2v) is 6.66. The molecule has 4 nitrogen and oxygen atoms in total. The molecule has 0 aliphatic carbocycles. The molecule has 0 unspecified atom stereocenters. The van der Waals surface area contributed by atoms with E-state index < -0.39 is 0 Å². The van der Waals surface area contributed by atoms with E-state index in [4.69, 9.17) is 0 Å². The third kappa shape index (κ3) is 5.64. The van der Waals surface area contributed by atoms with Crippen LogP contribution in [0.5, 0.6) is 0 Å². The van der Waals surface area contributed by atoms with Crippen molar-refractivity contribution in [3.05, 3.63) is 52.6 Å². The predicted molar refractivity (Wildman–Crippen MR) is 104 cm³/mol. The molecule has 0 saturated carbocycles. The highest BCUT2D eigenvalue weighted by Crippen LogP contribution is 2.16. The Kier molecular flexibility index (Phi) is 7.25. The van der Waals surface area contributed by atoms with Gasteiger partial charge >= 0.3 is 0 Å². The smallest absolute Gasteiger partial charge is 0.229 e.